The molecule has 0 aliphatic carbocycles. The van der Waals surface area contributed by atoms with Crippen molar-refractivity contribution in [2.24, 2.45) is 10.2 Å². The summed E-state index contributed by atoms with van der Waals surface area (Å²) in [4.78, 5) is 13.7. The number of morpholine rings is 1. The summed E-state index contributed by atoms with van der Waals surface area (Å²) in [5.41, 5.74) is 1.96. The standard InChI is InChI=1S/C22H23BrN4O4/c1-30-17-5-2-15(3-6-17)12-20(28)24-25-21-18-13-16(23)4-7-19(18)27(22(21)29)14-26-8-10-31-11-9-26/h2-7,13,29H,8-12,14H2,1H3/p+1. The Bertz CT molecular complexity index is 1100. The van der Waals surface area contributed by atoms with Gasteiger partial charge in [-0.25, -0.2) is 0 Å². The number of benzene rings is 2. The van der Waals surface area contributed by atoms with Gasteiger partial charge in [-0.1, -0.05) is 28.1 Å². The molecule has 0 saturated carbocycles. The number of rotatable bonds is 6. The van der Waals surface area contributed by atoms with Gasteiger partial charge in [-0.05, 0) is 35.9 Å². The minimum absolute atomic E-state index is 0.00749. The number of hydrogen-bond donors (Lipinski definition) is 2. The first-order valence-electron chi connectivity index (χ1n) is 10.0. The van der Waals surface area contributed by atoms with Gasteiger partial charge in [-0.3, -0.25) is 9.36 Å². The maximum atomic E-state index is 12.4. The lowest BCUT2D eigenvalue weighted by atomic mass is 10.1. The molecule has 1 aliphatic heterocycles. The molecule has 0 unspecified atom stereocenters. The van der Waals surface area contributed by atoms with E-state index in [2.05, 4.69) is 26.2 Å². The normalized spacial score (nSPS) is 15.0. The van der Waals surface area contributed by atoms with Gasteiger partial charge in [0.05, 0.1) is 32.3 Å². The molecule has 1 aromatic heterocycles. The van der Waals surface area contributed by atoms with Crippen LogP contribution < -0.4 is 9.64 Å². The van der Waals surface area contributed by atoms with Gasteiger partial charge >= 0.3 is 0 Å². The molecule has 0 bridgehead atoms. The van der Waals surface area contributed by atoms with Crippen LogP contribution >= 0.6 is 15.9 Å². The molecule has 2 N–H and O–H groups in total. The van der Waals surface area contributed by atoms with Crippen LogP contribution in [0, 0.1) is 0 Å². The van der Waals surface area contributed by atoms with E-state index in [9.17, 15) is 9.90 Å². The van der Waals surface area contributed by atoms with E-state index in [-0.39, 0.29) is 18.2 Å². The van der Waals surface area contributed by atoms with Gasteiger partial charge < -0.3 is 19.5 Å². The first-order valence-corrected chi connectivity index (χ1v) is 10.8. The van der Waals surface area contributed by atoms with Gasteiger partial charge in [0.25, 0.3) is 5.91 Å². The second kappa shape index (κ2) is 9.59. The molecule has 0 atom stereocenters. The summed E-state index contributed by atoms with van der Waals surface area (Å²) >= 11 is 3.47. The highest BCUT2D eigenvalue weighted by atomic mass is 79.9. The summed E-state index contributed by atoms with van der Waals surface area (Å²) < 4.78 is 13.2. The van der Waals surface area contributed by atoms with Crippen LogP contribution in [0.3, 0.4) is 0 Å². The lowest BCUT2D eigenvalue weighted by molar-refractivity contribution is -0.930. The zero-order chi connectivity index (χ0) is 21.8. The fourth-order valence-electron chi connectivity index (χ4n) is 3.66. The SMILES string of the molecule is COc1ccc(CC(=O)N=Nc2c(O)n(C[NH+]3CCOCC3)c3ccc(Br)cc23)cc1. The summed E-state index contributed by atoms with van der Waals surface area (Å²) in [7, 11) is 1.59. The van der Waals surface area contributed by atoms with Crippen LogP contribution in [0.15, 0.2) is 57.2 Å². The van der Waals surface area contributed by atoms with Crippen LogP contribution in [-0.2, 0) is 22.6 Å². The third-order valence-corrected chi connectivity index (χ3v) is 5.82. The van der Waals surface area contributed by atoms with Crippen molar-refractivity contribution in [2.75, 3.05) is 33.4 Å². The molecule has 2 heterocycles. The molecule has 31 heavy (non-hydrogen) atoms. The average molecular weight is 488 g/mol. The number of halogens is 1. The van der Waals surface area contributed by atoms with Crippen LogP contribution in [0.4, 0.5) is 5.69 Å². The number of azo groups is 1. The van der Waals surface area contributed by atoms with Crippen molar-refractivity contribution < 1.29 is 24.3 Å². The molecule has 9 heteroatoms. The Hall–Kier alpha value is -2.75. The van der Waals surface area contributed by atoms with E-state index < -0.39 is 0 Å². The molecule has 0 radical (unpaired) electrons. The first-order chi connectivity index (χ1) is 15.0. The lowest BCUT2D eigenvalue weighted by Gasteiger charge is -2.24. The number of nitrogens with one attached hydrogen (secondary N) is 1. The van der Waals surface area contributed by atoms with Gasteiger partial charge in [0.1, 0.15) is 18.8 Å². The molecule has 1 fully saturated rings. The minimum atomic E-state index is -0.390. The lowest BCUT2D eigenvalue weighted by Crippen LogP contribution is -3.13. The average Bonchev–Trinajstić information content (AvgIpc) is 3.03. The summed E-state index contributed by atoms with van der Waals surface area (Å²) in [6.45, 7) is 3.73. The second-order valence-electron chi connectivity index (χ2n) is 7.40. The zero-order valence-electron chi connectivity index (χ0n) is 17.2. The molecular formula is C22H24BrN4O4+. The highest BCUT2D eigenvalue weighted by Gasteiger charge is 2.22. The predicted octanol–water partition coefficient (Wildman–Crippen LogP) is 2.84. The van der Waals surface area contributed by atoms with E-state index in [0.29, 0.717) is 25.6 Å². The van der Waals surface area contributed by atoms with Gasteiger partial charge in [-0.2, -0.15) is 0 Å². The molecule has 1 saturated heterocycles. The van der Waals surface area contributed by atoms with Crippen molar-refractivity contribution in [1.29, 1.82) is 0 Å². The second-order valence-corrected chi connectivity index (χ2v) is 8.32. The quantitative estimate of drug-likeness (QED) is 0.523. The summed E-state index contributed by atoms with van der Waals surface area (Å²) in [6.07, 6.45) is 0.120. The molecule has 1 aliphatic rings. The van der Waals surface area contributed by atoms with Gasteiger partial charge in [-0.15, -0.1) is 10.2 Å². The number of carbonyl (C=O) groups is 1. The molecule has 8 nitrogen and oxygen atoms in total. The van der Waals surface area contributed by atoms with E-state index in [1.165, 1.54) is 4.90 Å². The number of carbonyl (C=O) groups excluding carboxylic acids is 1. The number of amides is 1. The fourth-order valence-corrected chi connectivity index (χ4v) is 4.02. The molecular weight excluding hydrogens is 464 g/mol. The molecule has 0 spiro atoms. The Labute approximate surface area is 188 Å². The van der Waals surface area contributed by atoms with Crippen LogP contribution in [0.5, 0.6) is 11.6 Å². The number of nitrogens with zero attached hydrogens (tertiary/aromatic N) is 3. The van der Waals surface area contributed by atoms with Crippen molar-refractivity contribution in [1.82, 2.24) is 4.57 Å². The monoisotopic (exact) mass is 487 g/mol. The summed E-state index contributed by atoms with van der Waals surface area (Å²) in [6, 6.07) is 13.0. The highest BCUT2D eigenvalue weighted by Crippen LogP contribution is 2.39. The Balaban J connectivity index is 1.59. The highest BCUT2D eigenvalue weighted by molar-refractivity contribution is 9.10. The summed E-state index contributed by atoms with van der Waals surface area (Å²) in [5.74, 6) is 0.343. The minimum Gasteiger partial charge on any atom is -0.497 e. The van der Waals surface area contributed by atoms with Crippen molar-refractivity contribution in [2.45, 2.75) is 13.1 Å². The molecule has 4 rings (SSSR count). The number of quaternary nitrogens is 1. The molecule has 2 aromatic carbocycles. The largest absolute Gasteiger partial charge is 0.497 e. The summed E-state index contributed by atoms with van der Waals surface area (Å²) in [5, 5.41) is 19.7. The Morgan fingerprint density at radius 3 is 2.68 bits per heavy atom. The van der Waals surface area contributed by atoms with E-state index in [0.717, 1.165) is 39.8 Å². The Kier molecular flexibility index (Phi) is 6.64. The van der Waals surface area contributed by atoms with Crippen LogP contribution in [0.2, 0.25) is 0 Å². The van der Waals surface area contributed by atoms with Crippen LogP contribution in [0.25, 0.3) is 10.9 Å². The van der Waals surface area contributed by atoms with E-state index in [1.54, 1.807) is 19.2 Å². The van der Waals surface area contributed by atoms with E-state index in [4.69, 9.17) is 9.47 Å². The molecule has 1 amide bonds. The third-order valence-electron chi connectivity index (χ3n) is 5.33. The maximum absolute atomic E-state index is 12.4. The number of fused-ring (bicyclic) bond motifs is 1. The third kappa shape index (κ3) is 4.95. The van der Waals surface area contributed by atoms with Crippen LogP contribution in [-0.4, -0.2) is 49.0 Å². The number of hydrogen-bond acceptors (Lipinski definition) is 5. The smallest absolute Gasteiger partial charge is 0.269 e. The first kappa shape index (κ1) is 21.5. The Morgan fingerprint density at radius 1 is 1.23 bits per heavy atom. The molecule has 162 valence electrons. The number of aromatic hydroxyl groups is 1. The van der Waals surface area contributed by atoms with E-state index >= 15 is 0 Å². The Morgan fingerprint density at radius 2 is 1.97 bits per heavy atom. The number of methoxy groups -OCH3 is 1. The van der Waals surface area contributed by atoms with Crippen molar-refractivity contribution >= 4 is 38.4 Å². The van der Waals surface area contributed by atoms with Crippen molar-refractivity contribution in [3.63, 3.8) is 0 Å². The van der Waals surface area contributed by atoms with Gasteiger partial charge in [0.2, 0.25) is 5.88 Å². The van der Waals surface area contributed by atoms with Gasteiger partial charge in [0, 0.05) is 9.86 Å². The maximum Gasteiger partial charge on any atom is 0.269 e. The molecule has 3 aromatic rings. The fraction of sp³-hybridized carbons (Fsp3) is 0.318. The zero-order valence-corrected chi connectivity index (χ0v) is 18.8. The topological polar surface area (TPSA) is 89.9 Å². The van der Waals surface area contributed by atoms with E-state index in [1.807, 2.05) is 34.9 Å². The van der Waals surface area contributed by atoms with Gasteiger partial charge in [0.15, 0.2) is 12.4 Å². The van der Waals surface area contributed by atoms with Crippen LogP contribution in [0.1, 0.15) is 5.56 Å². The number of aromatic nitrogens is 1. The number of ether oxygens (including phenoxy) is 2. The predicted molar refractivity (Wildman–Crippen MR) is 119 cm³/mol. The van der Waals surface area contributed by atoms with Crippen molar-refractivity contribution in [3.05, 3.63) is 52.5 Å². The van der Waals surface area contributed by atoms with Crippen molar-refractivity contribution in [3.8, 4) is 11.6 Å².